The molecule has 5 fully saturated rings. The molecule has 1 saturated heterocycles. The average molecular weight is 545 g/mol. The smallest absolute Gasteiger partial charge is 0.222 e. The van der Waals surface area contributed by atoms with E-state index in [9.17, 15) is 9.18 Å². The number of aldehydes is 1. The quantitative estimate of drug-likeness (QED) is 0.215. The van der Waals surface area contributed by atoms with Crippen LogP contribution in [-0.4, -0.2) is 18.4 Å². The van der Waals surface area contributed by atoms with Gasteiger partial charge in [0, 0.05) is 23.2 Å². The molecular weight excluding hydrogens is 495 g/mol. The summed E-state index contributed by atoms with van der Waals surface area (Å²) in [4.78, 5) is 18.5. The van der Waals surface area contributed by atoms with Gasteiger partial charge in [-0.15, -0.1) is 0 Å². The largest absolute Gasteiger partial charge is 0.366 e. The van der Waals surface area contributed by atoms with Crippen LogP contribution in [0.25, 0.3) is 4.85 Å². The third-order valence-electron chi connectivity index (χ3n) is 14.4. The molecule has 3 nitrogen and oxygen atoms in total. The Morgan fingerprint density at radius 2 is 1.75 bits per heavy atom. The fourth-order valence-electron chi connectivity index (χ4n) is 12.3. The molecule has 0 N–H and O–H groups in total. The lowest BCUT2D eigenvalue weighted by Crippen LogP contribution is -2.69. The zero-order valence-electron chi connectivity index (χ0n) is 25.7. The second-order valence-electron chi connectivity index (χ2n) is 15.8. The number of hydrogen-bond donors (Lipinski definition) is 0. The molecule has 1 aromatic carbocycles. The van der Waals surface area contributed by atoms with E-state index in [1.165, 1.54) is 44.0 Å². The van der Waals surface area contributed by atoms with E-state index < -0.39 is 5.82 Å². The molecule has 4 aliphatic carbocycles. The molecule has 0 radical (unpaired) electrons. The van der Waals surface area contributed by atoms with Crippen molar-refractivity contribution in [1.82, 2.24) is 0 Å². The van der Waals surface area contributed by atoms with E-state index in [1.54, 1.807) is 12.1 Å². The summed E-state index contributed by atoms with van der Waals surface area (Å²) in [7, 11) is 0. The monoisotopic (exact) mass is 544 g/mol. The van der Waals surface area contributed by atoms with Crippen molar-refractivity contribution in [2.24, 2.45) is 51.2 Å². The van der Waals surface area contributed by atoms with E-state index in [4.69, 9.17) is 6.57 Å². The van der Waals surface area contributed by atoms with Gasteiger partial charge >= 0.3 is 0 Å². The fraction of sp³-hybridized carbons (Fsp3) is 0.722. The summed E-state index contributed by atoms with van der Waals surface area (Å²) in [5, 5.41) is 0. The molecule has 0 unspecified atom stereocenters. The van der Waals surface area contributed by atoms with Crippen LogP contribution in [-0.2, 0) is 4.79 Å². The predicted molar refractivity (Wildman–Crippen MR) is 161 cm³/mol. The normalized spacial score (nSPS) is 45.4. The van der Waals surface area contributed by atoms with E-state index in [-0.39, 0.29) is 32.9 Å². The van der Waals surface area contributed by atoms with E-state index in [0.717, 1.165) is 37.9 Å². The molecule has 0 bridgehead atoms. The van der Waals surface area contributed by atoms with Gasteiger partial charge in [0.25, 0.3) is 0 Å². The molecular formula is C36H49FN2O. The number of benzene rings is 1. The SMILES string of the molecule is [C-]#[N+]c1ccc(N2CC[C@]3(C)[C@H]4CC[C@@H]5[C@H]6[C@H](C(=C)C)CC[C@]6(C=O)CC[C@@]5(C)[C@]4(C)CC[C@H]3C2(C)C)cc1F. The zero-order valence-corrected chi connectivity index (χ0v) is 25.7. The van der Waals surface area contributed by atoms with Crippen molar-refractivity contribution in [1.29, 1.82) is 0 Å². The Balaban J connectivity index is 1.34. The maximum absolute atomic E-state index is 14.7. The van der Waals surface area contributed by atoms with E-state index in [2.05, 4.69) is 57.9 Å². The Morgan fingerprint density at radius 1 is 1.00 bits per heavy atom. The molecule has 1 aromatic rings. The second-order valence-corrected chi connectivity index (χ2v) is 15.8. The van der Waals surface area contributed by atoms with Crippen molar-refractivity contribution in [3.63, 3.8) is 0 Å². The molecule has 1 heterocycles. The number of nitrogens with zero attached hydrogens (tertiary/aromatic N) is 2. The predicted octanol–water partition coefficient (Wildman–Crippen LogP) is 9.40. The first-order chi connectivity index (χ1) is 18.8. The molecule has 40 heavy (non-hydrogen) atoms. The lowest BCUT2D eigenvalue weighted by Gasteiger charge is -2.73. The van der Waals surface area contributed by atoms with Crippen LogP contribution in [0, 0.1) is 63.6 Å². The van der Waals surface area contributed by atoms with Crippen molar-refractivity contribution >= 4 is 17.7 Å². The van der Waals surface area contributed by atoms with Crippen LogP contribution in [0.3, 0.4) is 0 Å². The summed E-state index contributed by atoms with van der Waals surface area (Å²) in [6.45, 7) is 27.4. The highest BCUT2D eigenvalue weighted by Crippen LogP contribution is 2.76. The number of halogens is 1. The standard InChI is InChI=1S/C36H49FN2O/c1-23(2)25-13-16-36(22-40)18-17-34(6)26(31(25)36)10-12-30-33(5)19-20-39(24-9-11-28(38-8)27(37)21-24)32(3,4)29(33)14-15-35(30,34)7/h9,11,21-22,25-26,29-31H,1,10,12-20H2,2-7H3/t25-,26+,29-,30+,31+,33-,34+,35+,36+/m0/s1. The highest BCUT2D eigenvalue weighted by Gasteiger charge is 2.70. The molecule has 216 valence electrons. The van der Waals surface area contributed by atoms with Crippen LogP contribution < -0.4 is 4.90 Å². The number of allylic oxidation sites excluding steroid dienone is 1. The molecule has 4 saturated carbocycles. The number of carbonyl (C=O) groups excluding carboxylic acids is 1. The highest BCUT2D eigenvalue weighted by molar-refractivity contribution is 5.62. The maximum atomic E-state index is 14.7. The molecule has 4 heteroatoms. The average Bonchev–Trinajstić information content (AvgIpc) is 3.29. The lowest BCUT2D eigenvalue weighted by atomic mass is 9.33. The van der Waals surface area contributed by atoms with Crippen molar-refractivity contribution < 1.29 is 9.18 Å². The minimum Gasteiger partial charge on any atom is -0.366 e. The number of hydrogen-bond acceptors (Lipinski definition) is 2. The molecule has 0 amide bonds. The number of carbonyl (C=O) groups is 1. The van der Waals surface area contributed by atoms with Crippen LogP contribution in [0.2, 0.25) is 0 Å². The molecule has 0 spiro atoms. The Morgan fingerprint density at radius 3 is 2.40 bits per heavy atom. The summed E-state index contributed by atoms with van der Waals surface area (Å²) in [5.74, 6) is 2.28. The first kappa shape index (κ1) is 28.0. The van der Waals surface area contributed by atoms with Gasteiger partial charge < -0.3 is 9.69 Å². The van der Waals surface area contributed by atoms with Gasteiger partial charge in [-0.25, -0.2) is 9.24 Å². The van der Waals surface area contributed by atoms with E-state index >= 15 is 0 Å². The molecule has 5 aliphatic rings. The lowest BCUT2D eigenvalue weighted by molar-refractivity contribution is -0.225. The van der Waals surface area contributed by atoms with Crippen molar-refractivity contribution in [2.45, 2.75) is 105 Å². The van der Waals surface area contributed by atoms with Gasteiger partial charge in [0.2, 0.25) is 5.69 Å². The van der Waals surface area contributed by atoms with Crippen LogP contribution >= 0.6 is 0 Å². The van der Waals surface area contributed by atoms with E-state index in [1.807, 2.05) is 6.07 Å². The van der Waals surface area contributed by atoms with Gasteiger partial charge in [-0.2, -0.15) is 0 Å². The Bertz CT molecular complexity index is 1280. The van der Waals surface area contributed by atoms with Gasteiger partial charge in [-0.05, 0) is 137 Å². The molecule has 0 aromatic heterocycles. The highest BCUT2D eigenvalue weighted by atomic mass is 19.1. The second kappa shape index (κ2) is 8.92. The summed E-state index contributed by atoms with van der Waals surface area (Å²) >= 11 is 0. The zero-order chi connectivity index (χ0) is 28.9. The van der Waals surface area contributed by atoms with E-state index in [0.29, 0.717) is 29.6 Å². The molecule has 1 aliphatic heterocycles. The number of piperidine rings is 1. The van der Waals surface area contributed by atoms with Crippen molar-refractivity contribution in [3.05, 3.63) is 47.6 Å². The Hall–Kier alpha value is -2.15. The summed E-state index contributed by atoms with van der Waals surface area (Å²) < 4.78 is 14.7. The maximum Gasteiger partial charge on any atom is 0.222 e. The Labute approximate surface area is 241 Å². The first-order valence-corrected chi connectivity index (χ1v) is 15.9. The van der Waals surface area contributed by atoms with Gasteiger partial charge in [-0.1, -0.05) is 39.0 Å². The number of rotatable bonds is 3. The summed E-state index contributed by atoms with van der Waals surface area (Å²) in [6, 6.07) is 5.17. The molecule has 9 atom stereocenters. The topological polar surface area (TPSA) is 24.7 Å². The summed E-state index contributed by atoms with van der Waals surface area (Å²) in [5.41, 5.74) is 2.76. The summed E-state index contributed by atoms with van der Waals surface area (Å²) in [6.07, 6.45) is 11.8. The van der Waals surface area contributed by atoms with Crippen molar-refractivity contribution in [3.8, 4) is 0 Å². The first-order valence-electron chi connectivity index (χ1n) is 15.9. The number of fused-ring (bicyclic) bond motifs is 7. The minimum atomic E-state index is -0.414. The van der Waals surface area contributed by atoms with Crippen LogP contribution in [0.15, 0.2) is 30.4 Å². The van der Waals surface area contributed by atoms with Gasteiger partial charge in [0.05, 0.1) is 6.57 Å². The van der Waals surface area contributed by atoms with Gasteiger partial charge in [-0.3, -0.25) is 0 Å². The van der Waals surface area contributed by atoms with Crippen LogP contribution in [0.1, 0.15) is 99.3 Å². The third-order valence-corrected chi connectivity index (χ3v) is 14.4. The van der Waals surface area contributed by atoms with Crippen LogP contribution in [0.5, 0.6) is 0 Å². The fourth-order valence-corrected chi connectivity index (χ4v) is 12.3. The van der Waals surface area contributed by atoms with Crippen molar-refractivity contribution in [2.75, 3.05) is 11.4 Å². The number of anilines is 1. The minimum absolute atomic E-state index is 0.101. The van der Waals surface area contributed by atoms with Gasteiger partial charge in [0.1, 0.15) is 12.1 Å². The third kappa shape index (κ3) is 3.42. The van der Waals surface area contributed by atoms with Gasteiger partial charge in [0.15, 0.2) is 0 Å². The Kier molecular flexibility index (Phi) is 6.25. The molecule has 6 rings (SSSR count). The van der Waals surface area contributed by atoms with Crippen LogP contribution in [0.4, 0.5) is 15.8 Å².